The van der Waals surface area contributed by atoms with Gasteiger partial charge < -0.3 is 19.9 Å². The van der Waals surface area contributed by atoms with E-state index in [9.17, 15) is 4.79 Å². The molecule has 0 aromatic heterocycles. The molecule has 1 saturated heterocycles. The zero-order chi connectivity index (χ0) is 23.7. The maximum Gasteiger partial charge on any atom is 0.255 e. The van der Waals surface area contributed by atoms with E-state index in [0.717, 1.165) is 54.5 Å². The number of para-hydroxylation sites is 2. The van der Waals surface area contributed by atoms with E-state index < -0.39 is 0 Å². The normalized spacial score (nSPS) is 15.6. The van der Waals surface area contributed by atoms with Crippen LogP contribution in [0.15, 0.2) is 71.7 Å². The molecule has 6 nitrogen and oxygen atoms in total. The first kappa shape index (κ1) is 22.4. The largest absolute Gasteiger partial charge is 0.454 e. The Morgan fingerprint density at radius 3 is 2.59 bits per heavy atom. The minimum atomic E-state index is -0.217. The van der Waals surface area contributed by atoms with Crippen LogP contribution in [0.3, 0.4) is 0 Å². The number of ether oxygens (including phenoxy) is 1. The van der Waals surface area contributed by atoms with Crippen LogP contribution in [0.1, 0.15) is 28.8 Å². The lowest BCUT2D eigenvalue weighted by Crippen LogP contribution is -2.44. The van der Waals surface area contributed by atoms with Gasteiger partial charge in [-0.2, -0.15) is 0 Å². The van der Waals surface area contributed by atoms with Crippen LogP contribution >= 0.6 is 11.6 Å². The fourth-order valence-corrected chi connectivity index (χ4v) is 4.66. The minimum Gasteiger partial charge on any atom is -0.454 e. The lowest BCUT2D eigenvalue weighted by molar-refractivity contribution is 0.102. The third-order valence-corrected chi connectivity index (χ3v) is 6.61. The standard InChI is InChI=1S/C27H27ClN4O2/c1-31(2)21-12-14-32(15-13-21)26-22-17-20(29-27(33)18-6-5-7-19(28)16-18)10-11-24(22)34-25-9-4-3-8-23(25)30-26/h3-11,16-17,21H,12-15H2,1-2H3,(H,29,33). The Hall–Kier alpha value is -3.35. The molecule has 7 heteroatoms. The predicted octanol–water partition coefficient (Wildman–Crippen LogP) is 5.80. The summed E-state index contributed by atoms with van der Waals surface area (Å²) in [6, 6.07) is 21.0. The van der Waals surface area contributed by atoms with Crippen molar-refractivity contribution < 1.29 is 9.53 Å². The van der Waals surface area contributed by atoms with Crippen LogP contribution in [0.5, 0.6) is 11.5 Å². The Bertz CT molecular complexity index is 1250. The van der Waals surface area contributed by atoms with E-state index >= 15 is 0 Å². The van der Waals surface area contributed by atoms with Crippen LogP contribution in [-0.4, -0.2) is 54.8 Å². The highest BCUT2D eigenvalue weighted by Crippen LogP contribution is 2.39. The van der Waals surface area contributed by atoms with E-state index in [0.29, 0.717) is 22.3 Å². The Morgan fingerprint density at radius 2 is 1.82 bits per heavy atom. The number of aliphatic imine (C=N–C) groups is 1. The summed E-state index contributed by atoms with van der Waals surface area (Å²) >= 11 is 6.06. The van der Waals surface area contributed by atoms with Crippen LogP contribution < -0.4 is 10.1 Å². The predicted molar refractivity (Wildman–Crippen MR) is 137 cm³/mol. The number of amides is 1. The van der Waals surface area contributed by atoms with Gasteiger partial charge in [0.15, 0.2) is 5.75 Å². The number of amidine groups is 1. The van der Waals surface area contributed by atoms with Crippen LogP contribution in [-0.2, 0) is 0 Å². The van der Waals surface area contributed by atoms with Crippen molar-refractivity contribution in [2.24, 2.45) is 4.99 Å². The van der Waals surface area contributed by atoms with Gasteiger partial charge in [-0.15, -0.1) is 0 Å². The van der Waals surface area contributed by atoms with Crippen molar-refractivity contribution in [3.63, 3.8) is 0 Å². The topological polar surface area (TPSA) is 57.2 Å². The third-order valence-electron chi connectivity index (χ3n) is 6.37. The highest BCUT2D eigenvalue weighted by atomic mass is 35.5. The van der Waals surface area contributed by atoms with Gasteiger partial charge in [0.2, 0.25) is 0 Å². The van der Waals surface area contributed by atoms with Crippen molar-refractivity contribution in [3.05, 3.63) is 82.9 Å². The number of fused-ring (bicyclic) bond motifs is 2. The number of piperidine rings is 1. The zero-order valence-corrected chi connectivity index (χ0v) is 20.0. The maximum atomic E-state index is 12.8. The van der Waals surface area contributed by atoms with Crippen molar-refractivity contribution in [2.75, 3.05) is 32.5 Å². The number of carbonyl (C=O) groups excluding carboxylic acids is 1. The number of benzene rings is 3. The number of nitrogens with zero attached hydrogens (tertiary/aromatic N) is 3. The molecule has 1 amide bonds. The van der Waals surface area contributed by atoms with Gasteiger partial charge in [-0.3, -0.25) is 4.79 Å². The number of anilines is 1. The molecule has 3 aromatic rings. The molecule has 2 aliphatic rings. The molecule has 0 bridgehead atoms. The summed E-state index contributed by atoms with van der Waals surface area (Å²) in [5, 5.41) is 3.51. The first-order chi connectivity index (χ1) is 16.5. The van der Waals surface area contributed by atoms with Gasteiger partial charge in [0, 0.05) is 35.4 Å². The van der Waals surface area contributed by atoms with Crippen LogP contribution in [0.4, 0.5) is 11.4 Å². The fourth-order valence-electron chi connectivity index (χ4n) is 4.47. The van der Waals surface area contributed by atoms with E-state index in [1.165, 1.54) is 0 Å². The molecule has 2 aliphatic heterocycles. The van der Waals surface area contributed by atoms with Gasteiger partial charge in [0.1, 0.15) is 17.3 Å². The fraction of sp³-hybridized carbons (Fsp3) is 0.259. The van der Waals surface area contributed by atoms with Crippen molar-refractivity contribution in [3.8, 4) is 11.5 Å². The third kappa shape index (κ3) is 4.65. The van der Waals surface area contributed by atoms with Gasteiger partial charge in [0.25, 0.3) is 5.91 Å². The summed E-state index contributed by atoms with van der Waals surface area (Å²) < 4.78 is 6.26. The smallest absolute Gasteiger partial charge is 0.255 e. The number of likely N-dealkylation sites (tertiary alicyclic amines) is 1. The average molecular weight is 475 g/mol. The molecular formula is C27H27ClN4O2. The summed E-state index contributed by atoms with van der Waals surface area (Å²) in [4.78, 5) is 22.5. The Balaban J connectivity index is 1.49. The van der Waals surface area contributed by atoms with Crippen molar-refractivity contribution in [1.82, 2.24) is 9.80 Å². The van der Waals surface area contributed by atoms with E-state index in [2.05, 4.69) is 29.2 Å². The molecule has 0 atom stereocenters. The second-order valence-corrected chi connectivity index (χ2v) is 9.30. The maximum absolute atomic E-state index is 12.8. The monoisotopic (exact) mass is 474 g/mol. The molecule has 1 fully saturated rings. The van der Waals surface area contributed by atoms with Gasteiger partial charge in [0.05, 0.1) is 5.56 Å². The van der Waals surface area contributed by atoms with Crippen LogP contribution in [0, 0.1) is 0 Å². The molecule has 0 saturated carbocycles. The Labute approximate surface area is 204 Å². The second kappa shape index (κ2) is 9.49. The molecule has 3 aromatic carbocycles. The number of halogens is 1. The number of carbonyl (C=O) groups is 1. The number of hydrogen-bond donors (Lipinski definition) is 1. The second-order valence-electron chi connectivity index (χ2n) is 8.86. The first-order valence-electron chi connectivity index (χ1n) is 11.5. The molecule has 34 heavy (non-hydrogen) atoms. The average Bonchev–Trinajstić information content (AvgIpc) is 3.00. The molecule has 1 N–H and O–H groups in total. The summed E-state index contributed by atoms with van der Waals surface area (Å²) in [6.07, 6.45) is 2.13. The van der Waals surface area contributed by atoms with Crippen molar-refractivity contribution >= 4 is 34.7 Å². The van der Waals surface area contributed by atoms with Crippen LogP contribution in [0.2, 0.25) is 5.02 Å². The van der Waals surface area contributed by atoms with E-state index in [4.69, 9.17) is 21.3 Å². The van der Waals surface area contributed by atoms with E-state index in [-0.39, 0.29) is 5.91 Å². The first-order valence-corrected chi connectivity index (χ1v) is 11.8. The summed E-state index contributed by atoms with van der Waals surface area (Å²) in [7, 11) is 4.27. The molecule has 0 unspecified atom stereocenters. The summed E-state index contributed by atoms with van der Waals surface area (Å²) in [5.74, 6) is 2.10. The highest BCUT2D eigenvalue weighted by molar-refractivity contribution is 6.31. The minimum absolute atomic E-state index is 0.217. The lowest BCUT2D eigenvalue weighted by atomic mass is 10.0. The van der Waals surface area contributed by atoms with Gasteiger partial charge in [-0.1, -0.05) is 29.8 Å². The number of nitrogens with one attached hydrogen (secondary N) is 1. The summed E-state index contributed by atoms with van der Waals surface area (Å²) in [5.41, 5.74) is 2.84. The lowest BCUT2D eigenvalue weighted by Gasteiger charge is -2.37. The SMILES string of the molecule is CN(C)C1CCN(C2=Nc3ccccc3Oc3ccc(NC(=O)c4cccc(Cl)c4)cc32)CC1. The number of rotatable bonds is 3. The molecule has 0 radical (unpaired) electrons. The molecule has 174 valence electrons. The molecule has 0 spiro atoms. The highest BCUT2D eigenvalue weighted by Gasteiger charge is 2.28. The van der Waals surface area contributed by atoms with E-state index in [1.54, 1.807) is 24.3 Å². The van der Waals surface area contributed by atoms with Crippen molar-refractivity contribution in [2.45, 2.75) is 18.9 Å². The Kier molecular flexibility index (Phi) is 6.26. The van der Waals surface area contributed by atoms with Crippen molar-refractivity contribution in [1.29, 1.82) is 0 Å². The number of hydrogen-bond acceptors (Lipinski definition) is 5. The molecule has 2 heterocycles. The quantitative estimate of drug-likeness (QED) is 0.521. The van der Waals surface area contributed by atoms with Gasteiger partial charge in [-0.25, -0.2) is 4.99 Å². The Morgan fingerprint density at radius 1 is 1.03 bits per heavy atom. The molecule has 5 rings (SSSR count). The molecular weight excluding hydrogens is 448 g/mol. The zero-order valence-electron chi connectivity index (χ0n) is 19.3. The molecule has 0 aliphatic carbocycles. The van der Waals surface area contributed by atoms with Gasteiger partial charge in [-0.05, 0) is 75.5 Å². The van der Waals surface area contributed by atoms with E-state index in [1.807, 2.05) is 42.5 Å². The van der Waals surface area contributed by atoms with Gasteiger partial charge >= 0.3 is 0 Å². The van der Waals surface area contributed by atoms with Crippen LogP contribution in [0.25, 0.3) is 0 Å². The summed E-state index contributed by atoms with van der Waals surface area (Å²) in [6.45, 7) is 1.81.